The summed E-state index contributed by atoms with van der Waals surface area (Å²) in [5, 5.41) is 9.11. The lowest BCUT2D eigenvalue weighted by Crippen LogP contribution is -2.54. The largest absolute Gasteiger partial charge is 0.445 e. The normalized spacial score (nSPS) is 12.1. The molecule has 0 spiro atoms. The predicted molar refractivity (Wildman–Crippen MR) is 172 cm³/mol. The maximum absolute atomic E-state index is 13.8. The van der Waals surface area contributed by atoms with Crippen molar-refractivity contribution in [1.29, 1.82) is 0 Å². The summed E-state index contributed by atoms with van der Waals surface area (Å²) in [6.07, 6.45) is -0.390. The Labute approximate surface area is 260 Å². The highest BCUT2D eigenvalue weighted by Gasteiger charge is 2.28. The Morgan fingerprint density at radius 3 is 1.84 bits per heavy atom. The number of benzene rings is 4. The van der Waals surface area contributed by atoms with Crippen LogP contribution in [0.25, 0.3) is 11.0 Å². The van der Waals surface area contributed by atoms with Gasteiger partial charge in [0.1, 0.15) is 24.3 Å². The standard InChI is InChI=1S/C36H33N3O6/c1-24-19-33(40)45-32-22-28(17-18-29(24)32)37-34(41)30(20-25-11-5-2-6-12-25)38-35(42)31(21-26-13-7-3-8-14-26)39-36(43)44-23-27-15-9-4-10-16-27/h2-19,22,30-31H,20-21,23H2,1H3,(H,37,41)(H,38,42)(H,39,43)/t30-,31-/m0/s1. The fourth-order valence-corrected chi connectivity index (χ4v) is 4.93. The number of alkyl carbamates (subject to hydrolysis) is 1. The van der Waals surface area contributed by atoms with E-state index in [4.69, 9.17) is 9.15 Å². The molecule has 1 heterocycles. The van der Waals surface area contributed by atoms with Crippen molar-refractivity contribution in [2.75, 3.05) is 5.32 Å². The zero-order valence-electron chi connectivity index (χ0n) is 24.7. The molecule has 3 N–H and O–H groups in total. The number of anilines is 1. The lowest BCUT2D eigenvalue weighted by atomic mass is 10.0. The van der Waals surface area contributed by atoms with Crippen molar-refractivity contribution in [2.45, 2.75) is 38.5 Å². The fraction of sp³-hybridized carbons (Fsp3) is 0.167. The lowest BCUT2D eigenvalue weighted by molar-refractivity contribution is -0.127. The van der Waals surface area contributed by atoms with Crippen LogP contribution in [0.5, 0.6) is 0 Å². The van der Waals surface area contributed by atoms with Crippen LogP contribution >= 0.6 is 0 Å². The minimum Gasteiger partial charge on any atom is -0.445 e. The molecular weight excluding hydrogens is 570 g/mol. The van der Waals surface area contributed by atoms with Gasteiger partial charge in [-0.05, 0) is 41.3 Å². The number of carbonyl (C=O) groups excluding carboxylic acids is 3. The number of ether oxygens (including phenoxy) is 1. The summed E-state index contributed by atoms with van der Waals surface area (Å²) in [4.78, 5) is 52.1. The van der Waals surface area contributed by atoms with E-state index in [1.807, 2.05) is 91.0 Å². The van der Waals surface area contributed by atoms with Crippen molar-refractivity contribution in [1.82, 2.24) is 10.6 Å². The van der Waals surface area contributed by atoms with E-state index < -0.39 is 35.6 Å². The van der Waals surface area contributed by atoms with E-state index in [0.717, 1.165) is 27.6 Å². The molecule has 0 unspecified atom stereocenters. The first kappa shape index (κ1) is 30.7. The Morgan fingerprint density at radius 2 is 1.24 bits per heavy atom. The van der Waals surface area contributed by atoms with Crippen LogP contribution in [-0.2, 0) is 33.8 Å². The van der Waals surface area contributed by atoms with Crippen LogP contribution < -0.4 is 21.6 Å². The van der Waals surface area contributed by atoms with Crippen molar-refractivity contribution < 1.29 is 23.5 Å². The van der Waals surface area contributed by atoms with Crippen LogP contribution in [0.15, 0.2) is 124 Å². The van der Waals surface area contributed by atoms with Crippen LogP contribution in [0.4, 0.5) is 10.5 Å². The first-order valence-electron chi connectivity index (χ1n) is 14.5. The first-order chi connectivity index (χ1) is 21.8. The van der Waals surface area contributed by atoms with Crippen molar-refractivity contribution >= 4 is 34.6 Å². The zero-order chi connectivity index (χ0) is 31.6. The van der Waals surface area contributed by atoms with E-state index in [1.165, 1.54) is 6.07 Å². The quantitative estimate of drug-likeness (QED) is 0.176. The van der Waals surface area contributed by atoms with Crippen LogP contribution in [0.1, 0.15) is 22.3 Å². The number of fused-ring (bicyclic) bond motifs is 1. The van der Waals surface area contributed by atoms with Crippen LogP contribution in [0.3, 0.4) is 0 Å². The summed E-state index contributed by atoms with van der Waals surface area (Å²) in [5.41, 5.74) is 3.45. The van der Waals surface area contributed by atoms with Gasteiger partial charge in [-0.25, -0.2) is 9.59 Å². The number of amides is 3. The smallest absolute Gasteiger partial charge is 0.408 e. The summed E-state index contributed by atoms with van der Waals surface area (Å²) in [6.45, 7) is 1.84. The van der Waals surface area contributed by atoms with E-state index in [2.05, 4.69) is 16.0 Å². The molecule has 9 heteroatoms. The molecule has 1 aromatic heterocycles. The van der Waals surface area contributed by atoms with Crippen molar-refractivity contribution in [2.24, 2.45) is 0 Å². The second kappa shape index (κ2) is 14.7. The molecule has 0 fully saturated rings. The van der Waals surface area contributed by atoms with Gasteiger partial charge in [-0.1, -0.05) is 91.0 Å². The van der Waals surface area contributed by atoms with Gasteiger partial charge in [-0.2, -0.15) is 0 Å². The molecule has 0 bridgehead atoms. The van der Waals surface area contributed by atoms with E-state index in [1.54, 1.807) is 25.1 Å². The average molecular weight is 604 g/mol. The second-order valence-corrected chi connectivity index (χ2v) is 10.6. The Bertz CT molecular complexity index is 1820. The third-order valence-corrected chi connectivity index (χ3v) is 7.24. The molecule has 0 radical (unpaired) electrons. The van der Waals surface area contributed by atoms with E-state index in [9.17, 15) is 19.2 Å². The van der Waals surface area contributed by atoms with Crippen LogP contribution in [0, 0.1) is 6.92 Å². The zero-order valence-corrected chi connectivity index (χ0v) is 24.7. The Kier molecular flexibility index (Phi) is 10.0. The summed E-state index contributed by atoms with van der Waals surface area (Å²) in [6, 6.07) is 32.2. The number of hydrogen-bond acceptors (Lipinski definition) is 6. The first-order valence-corrected chi connectivity index (χ1v) is 14.5. The molecule has 2 atom stereocenters. The summed E-state index contributed by atoms with van der Waals surface area (Å²) in [7, 11) is 0. The van der Waals surface area contributed by atoms with Crippen molar-refractivity contribution in [3.63, 3.8) is 0 Å². The Hall–Kier alpha value is -5.70. The Morgan fingerprint density at radius 1 is 0.689 bits per heavy atom. The highest BCUT2D eigenvalue weighted by molar-refractivity contribution is 5.99. The van der Waals surface area contributed by atoms with Gasteiger partial charge in [0.2, 0.25) is 11.8 Å². The summed E-state index contributed by atoms with van der Waals surface area (Å²) in [5.74, 6) is -1.03. The van der Waals surface area contributed by atoms with E-state index in [0.29, 0.717) is 11.3 Å². The molecule has 0 aliphatic carbocycles. The highest BCUT2D eigenvalue weighted by atomic mass is 16.5. The SMILES string of the molecule is Cc1cc(=O)oc2cc(NC(=O)[C@H](Cc3ccccc3)NC(=O)[C@H](Cc3ccccc3)NC(=O)OCc3ccccc3)ccc12. The number of rotatable bonds is 11. The molecule has 5 aromatic rings. The van der Waals surface area contributed by atoms with Gasteiger partial charge in [-0.15, -0.1) is 0 Å². The van der Waals surface area contributed by atoms with Gasteiger partial charge in [0, 0.05) is 36.0 Å². The fourth-order valence-electron chi connectivity index (χ4n) is 4.93. The van der Waals surface area contributed by atoms with Gasteiger partial charge >= 0.3 is 11.7 Å². The van der Waals surface area contributed by atoms with E-state index >= 15 is 0 Å². The lowest BCUT2D eigenvalue weighted by Gasteiger charge is -2.23. The molecule has 0 saturated carbocycles. The number of hydrogen-bond donors (Lipinski definition) is 3. The molecule has 0 saturated heterocycles. The summed E-state index contributed by atoms with van der Waals surface area (Å²) < 4.78 is 10.7. The molecule has 45 heavy (non-hydrogen) atoms. The Balaban J connectivity index is 1.35. The maximum atomic E-state index is 13.8. The molecule has 0 aliphatic rings. The molecule has 0 aliphatic heterocycles. The summed E-state index contributed by atoms with van der Waals surface area (Å²) >= 11 is 0. The molecule has 3 amide bonds. The minimum atomic E-state index is -1.03. The monoisotopic (exact) mass is 603 g/mol. The third kappa shape index (κ3) is 8.67. The number of aryl methyl sites for hydroxylation is 1. The highest BCUT2D eigenvalue weighted by Crippen LogP contribution is 2.21. The molecule has 228 valence electrons. The number of carbonyl (C=O) groups is 3. The van der Waals surface area contributed by atoms with Crippen molar-refractivity contribution in [3.05, 3.63) is 148 Å². The molecule has 9 nitrogen and oxygen atoms in total. The molecule has 4 aromatic carbocycles. The molecular formula is C36H33N3O6. The van der Waals surface area contributed by atoms with Gasteiger partial charge in [0.15, 0.2) is 0 Å². The maximum Gasteiger partial charge on any atom is 0.408 e. The van der Waals surface area contributed by atoms with Crippen LogP contribution in [0.2, 0.25) is 0 Å². The van der Waals surface area contributed by atoms with Gasteiger partial charge in [0.05, 0.1) is 0 Å². The average Bonchev–Trinajstić information content (AvgIpc) is 3.04. The third-order valence-electron chi connectivity index (χ3n) is 7.24. The molecule has 5 rings (SSSR count). The minimum absolute atomic E-state index is 0.0385. The predicted octanol–water partition coefficient (Wildman–Crippen LogP) is 5.31. The van der Waals surface area contributed by atoms with Crippen molar-refractivity contribution in [3.8, 4) is 0 Å². The van der Waals surface area contributed by atoms with Gasteiger partial charge in [0.25, 0.3) is 0 Å². The van der Waals surface area contributed by atoms with E-state index in [-0.39, 0.29) is 19.4 Å². The van der Waals surface area contributed by atoms with Gasteiger partial charge < -0.3 is 25.1 Å². The number of nitrogens with one attached hydrogen (secondary N) is 3. The second-order valence-electron chi connectivity index (χ2n) is 10.6. The topological polar surface area (TPSA) is 127 Å². The van der Waals surface area contributed by atoms with Crippen LogP contribution in [-0.4, -0.2) is 30.0 Å². The van der Waals surface area contributed by atoms with Gasteiger partial charge in [-0.3, -0.25) is 9.59 Å².